The van der Waals surface area contributed by atoms with Crippen LogP contribution in [0.5, 0.6) is 5.75 Å². The molecular weight excluding hydrogens is 302 g/mol. The number of carbonyl (C=O) groups excluding carboxylic acids is 2. The lowest BCUT2D eigenvalue weighted by Crippen LogP contribution is -2.56. The van der Waals surface area contributed by atoms with Gasteiger partial charge in [-0.05, 0) is 48.4 Å². The molecule has 2 fully saturated rings. The Labute approximate surface area is 143 Å². The predicted molar refractivity (Wildman–Crippen MR) is 93.6 cm³/mol. The number of nitrogens with one attached hydrogen (secondary N) is 1. The van der Waals surface area contributed by atoms with Gasteiger partial charge in [0.2, 0.25) is 5.91 Å². The van der Waals surface area contributed by atoms with E-state index in [1.165, 1.54) is 12.8 Å². The smallest absolute Gasteiger partial charge is 0.231 e. The van der Waals surface area contributed by atoms with Crippen molar-refractivity contribution >= 4 is 17.8 Å². The molecule has 1 heterocycles. The van der Waals surface area contributed by atoms with E-state index >= 15 is 0 Å². The number of allylic oxidation sites excluding steroid dienone is 1. The van der Waals surface area contributed by atoms with Crippen molar-refractivity contribution in [2.24, 2.45) is 17.8 Å². The number of hydrogen-bond acceptors (Lipinski definition) is 3. The van der Waals surface area contributed by atoms with Crippen LogP contribution in [0.2, 0.25) is 0 Å². The molecule has 1 amide bonds. The van der Waals surface area contributed by atoms with Gasteiger partial charge < -0.3 is 10.1 Å². The van der Waals surface area contributed by atoms with Gasteiger partial charge in [-0.25, -0.2) is 0 Å². The largest absolute Gasteiger partial charge is 0.497 e. The number of fused-ring (bicyclic) bond motifs is 1. The Kier molecular flexibility index (Phi) is 5.03. The zero-order chi connectivity index (χ0) is 17.1. The average Bonchev–Trinajstić information content (AvgIpc) is 2.60. The fraction of sp³-hybridized carbons (Fsp3) is 0.500. The van der Waals surface area contributed by atoms with Gasteiger partial charge in [0.1, 0.15) is 11.7 Å². The number of benzene rings is 1. The summed E-state index contributed by atoms with van der Waals surface area (Å²) >= 11 is 0. The monoisotopic (exact) mass is 327 g/mol. The second-order valence-corrected chi connectivity index (χ2v) is 6.91. The highest BCUT2D eigenvalue weighted by Gasteiger charge is 2.44. The normalized spacial score (nSPS) is 29.8. The van der Waals surface area contributed by atoms with E-state index in [4.69, 9.17) is 4.74 Å². The van der Waals surface area contributed by atoms with E-state index in [1.54, 1.807) is 19.3 Å². The van der Waals surface area contributed by atoms with Crippen LogP contribution in [0, 0.1) is 17.8 Å². The highest BCUT2D eigenvalue weighted by molar-refractivity contribution is 6.09. The first-order valence-corrected chi connectivity index (χ1v) is 8.76. The molecule has 128 valence electrons. The molecule has 1 aromatic carbocycles. The van der Waals surface area contributed by atoms with E-state index in [0.29, 0.717) is 5.92 Å². The third kappa shape index (κ3) is 3.37. The minimum Gasteiger partial charge on any atom is -0.497 e. The van der Waals surface area contributed by atoms with Crippen molar-refractivity contribution in [3.63, 3.8) is 0 Å². The first kappa shape index (κ1) is 16.7. The summed E-state index contributed by atoms with van der Waals surface area (Å²) in [7, 11) is 1.62. The zero-order valence-electron chi connectivity index (χ0n) is 14.3. The van der Waals surface area contributed by atoms with Crippen LogP contribution in [-0.2, 0) is 9.59 Å². The first-order chi connectivity index (χ1) is 11.6. The number of piperidine rings is 1. The number of carbonyl (C=O) groups is 2. The minimum atomic E-state index is -0.557. The van der Waals surface area contributed by atoms with Gasteiger partial charge in [-0.1, -0.05) is 38.0 Å². The molecule has 1 aliphatic heterocycles. The van der Waals surface area contributed by atoms with Crippen molar-refractivity contribution in [2.45, 2.75) is 38.6 Å². The van der Waals surface area contributed by atoms with E-state index in [1.807, 2.05) is 24.3 Å². The maximum atomic E-state index is 12.6. The van der Waals surface area contributed by atoms with Crippen molar-refractivity contribution in [1.29, 1.82) is 0 Å². The Morgan fingerprint density at radius 2 is 1.92 bits per heavy atom. The number of ether oxygens (including phenoxy) is 1. The quantitative estimate of drug-likeness (QED) is 0.682. The maximum Gasteiger partial charge on any atom is 0.231 e. The van der Waals surface area contributed by atoms with E-state index in [9.17, 15) is 9.59 Å². The van der Waals surface area contributed by atoms with Crippen LogP contribution in [0.25, 0.3) is 6.08 Å². The Balaban J connectivity index is 1.70. The molecule has 2 aliphatic rings. The molecule has 1 saturated heterocycles. The SMILES string of the molecule is COc1ccc(/C=C/C(=O)C2C(=O)NC3CCCCC3C2C)cc1. The predicted octanol–water partition coefficient (Wildman–Crippen LogP) is 3.22. The van der Waals surface area contributed by atoms with Crippen molar-refractivity contribution < 1.29 is 14.3 Å². The van der Waals surface area contributed by atoms with Crippen LogP contribution in [-0.4, -0.2) is 24.8 Å². The van der Waals surface area contributed by atoms with E-state index in [2.05, 4.69) is 12.2 Å². The second-order valence-electron chi connectivity index (χ2n) is 6.91. The Morgan fingerprint density at radius 1 is 1.21 bits per heavy atom. The van der Waals surface area contributed by atoms with Crippen LogP contribution < -0.4 is 10.1 Å². The van der Waals surface area contributed by atoms with Gasteiger partial charge in [0, 0.05) is 6.04 Å². The average molecular weight is 327 g/mol. The molecule has 3 rings (SSSR count). The summed E-state index contributed by atoms with van der Waals surface area (Å²) in [4.78, 5) is 25.0. The minimum absolute atomic E-state index is 0.0974. The highest BCUT2D eigenvalue weighted by atomic mass is 16.5. The molecule has 4 atom stereocenters. The summed E-state index contributed by atoms with van der Waals surface area (Å²) in [5, 5.41) is 3.08. The van der Waals surface area contributed by atoms with Crippen LogP contribution in [0.4, 0.5) is 0 Å². The fourth-order valence-electron chi connectivity index (χ4n) is 4.11. The molecule has 4 nitrogen and oxygen atoms in total. The third-order valence-electron chi connectivity index (χ3n) is 5.49. The van der Waals surface area contributed by atoms with Crippen LogP contribution in [0.15, 0.2) is 30.3 Å². The summed E-state index contributed by atoms with van der Waals surface area (Å²) in [6.07, 6.45) is 7.84. The number of ketones is 1. The van der Waals surface area contributed by atoms with Gasteiger partial charge in [0.25, 0.3) is 0 Å². The highest BCUT2D eigenvalue weighted by Crippen LogP contribution is 2.38. The van der Waals surface area contributed by atoms with Crippen LogP contribution >= 0.6 is 0 Å². The Hall–Kier alpha value is -2.10. The standard InChI is InChI=1S/C20H25NO3/c1-13-16-5-3-4-6-17(16)21-20(23)19(13)18(22)12-9-14-7-10-15(24-2)11-8-14/h7-13,16-17,19H,3-6H2,1-2H3,(H,21,23)/b12-9+. The van der Waals surface area contributed by atoms with Crippen molar-refractivity contribution in [1.82, 2.24) is 5.32 Å². The van der Waals surface area contributed by atoms with Gasteiger partial charge in [0.15, 0.2) is 5.78 Å². The molecule has 1 saturated carbocycles. The lowest BCUT2D eigenvalue weighted by atomic mass is 9.68. The molecule has 1 aromatic rings. The van der Waals surface area contributed by atoms with Crippen LogP contribution in [0.3, 0.4) is 0 Å². The summed E-state index contributed by atoms with van der Waals surface area (Å²) in [6, 6.07) is 7.75. The zero-order valence-corrected chi connectivity index (χ0v) is 14.3. The van der Waals surface area contributed by atoms with Crippen molar-refractivity contribution in [3.05, 3.63) is 35.9 Å². The molecule has 4 heteroatoms. The fourth-order valence-corrected chi connectivity index (χ4v) is 4.11. The molecule has 0 spiro atoms. The van der Waals surface area contributed by atoms with Gasteiger partial charge in [-0.3, -0.25) is 9.59 Å². The van der Waals surface area contributed by atoms with Crippen molar-refractivity contribution in [2.75, 3.05) is 7.11 Å². The Bertz CT molecular complexity index is 635. The molecule has 1 aliphatic carbocycles. The number of rotatable bonds is 4. The topological polar surface area (TPSA) is 55.4 Å². The lowest BCUT2D eigenvalue weighted by Gasteiger charge is -2.43. The van der Waals surface area contributed by atoms with Gasteiger partial charge in [-0.2, -0.15) is 0 Å². The maximum absolute atomic E-state index is 12.6. The summed E-state index contributed by atoms with van der Waals surface area (Å²) < 4.78 is 5.12. The molecule has 24 heavy (non-hydrogen) atoms. The lowest BCUT2D eigenvalue weighted by molar-refractivity contribution is -0.139. The number of methoxy groups -OCH3 is 1. The Morgan fingerprint density at radius 3 is 2.62 bits per heavy atom. The second kappa shape index (κ2) is 7.20. The molecule has 4 unspecified atom stereocenters. The van der Waals surface area contributed by atoms with E-state index in [0.717, 1.165) is 24.2 Å². The van der Waals surface area contributed by atoms with Gasteiger partial charge in [-0.15, -0.1) is 0 Å². The summed E-state index contributed by atoms with van der Waals surface area (Å²) in [6.45, 7) is 2.06. The molecule has 1 N–H and O–H groups in total. The first-order valence-electron chi connectivity index (χ1n) is 8.76. The molecule has 0 aromatic heterocycles. The summed E-state index contributed by atoms with van der Waals surface area (Å²) in [5.41, 5.74) is 0.920. The summed E-state index contributed by atoms with van der Waals surface area (Å²) in [5.74, 6) is 0.563. The van der Waals surface area contributed by atoms with E-state index < -0.39 is 5.92 Å². The van der Waals surface area contributed by atoms with Gasteiger partial charge >= 0.3 is 0 Å². The van der Waals surface area contributed by atoms with Crippen LogP contribution in [0.1, 0.15) is 38.2 Å². The third-order valence-corrected chi connectivity index (χ3v) is 5.49. The molecule has 0 radical (unpaired) electrons. The van der Waals surface area contributed by atoms with Gasteiger partial charge in [0.05, 0.1) is 7.11 Å². The number of amides is 1. The molecular formula is C20H25NO3. The van der Waals surface area contributed by atoms with Crippen molar-refractivity contribution in [3.8, 4) is 5.75 Å². The number of hydrogen-bond donors (Lipinski definition) is 1. The van der Waals surface area contributed by atoms with E-state index in [-0.39, 0.29) is 23.7 Å². The molecule has 0 bridgehead atoms.